The standard InChI is InChI=1S/C18H21ClN2S/c1-13(2)12-17(14-8-4-3-5-9-14)21-18(22)20-16-11-7-6-10-15(16)19/h3-11,13,17H,12H2,1-2H3,(H2,20,21,22). The summed E-state index contributed by atoms with van der Waals surface area (Å²) in [5, 5.41) is 7.82. The zero-order valence-electron chi connectivity index (χ0n) is 12.8. The first-order valence-electron chi connectivity index (χ1n) is 7.43. The molecule has 0 bridgehead atoms. The Balaban J connectivity index is 2.07. The van der Waals surface area contributed by atoms with Crippen LogP contribution in [0.5, 0.6) is 0 Å². The number of para-hydroxylation sites is 1. The predicted octanol–water partition coefficient (Wildman–Crippen LogP) is 5.41. The SMILES string of the molecule is CC(C)CC(NC(=S)Nc1ccccc1Cl)c1ccccc1. The summed E-state index contributed by atoms with van der Waals surface area (Å²) in [5.41, 5.74) is 2.05. The van der Waals surface area contributed by atoms with E-state index in [4.69, 9.17) is 23.8 Å². The van der Waals surface area contributed by atoms with Crippen LogP contribution in [0.1, 0.15) is 31.9 Å². The Kier molecular flexibility index (Phi) is 6.22. The molecule has 0 aliphatic rings. The van der Waals surface area contributed by atoms with Crippen molar-refractivity contribution in [2.24, 2.45) is 5.92 Å². The van der Waals surface area contributed by atoms with Gasteiger partial charge in [-0.05, 0) is 42.3 Å². The van der Waals surface area contributed by atoms with Crippen molar-refractivity contribution in [1.29, 1.82) is 0 Å². The second-order valence-electron chi connectivity index (χ2n) is 5.67. The van der Waals surface area contributed by atoms with Crippen LogP contribution in [-0.2, 0) is 0 Å². The summed E-state index contributed by atoms with van der Waals surface area (Å²) in [4.78, 5) is 0. The number of nitrogens with one attached hydrogen (secondary N) is 2. The summed E-state index contributed by atoms with van der Waals surface area (Å²) in [6.45, 7) is 4.42. The Morgan fingerprint density at radius 1 is 1.05 bits per heavy atom. The van der Waals surface area contributed by atoms with Gasteiger partial charge in [-0.3, -0.25) is 0 Å². The Bertz CT molecular complexity index is 613. The fourth-order valence-corrected chi connectivity index (χ4v) is 2.75. The molecular formula is C18H21ClN2S. The molecule has 0 aliphatic heterocycles. The molecule has 2 aromatic rings. The Morgan fingerprint density at radius 3 is 2.32 bits per heavy atom. The van der Waals surface area contributed by atoms with Gasteiger partial charge in [0, 0.05) is 0 Å². The highest BCUT2D eigenvalue weighted by Crippen LogP contribution is 2.23. The zero-order chi connectivity index (χ0) is 15.9. The van der Waals surface area contributed by atoms with Gasteiger partial charge in [0.25, 0.3) is 0 Å². The summed E-state index contributed by atoms with van der Waals surface area (Å²) < 4.78 is 0. The van der Waals surface area contributed by atoms with Crippen molar-refractivity contribution in [2.45, 2.75) is 26.3 Å². The molecule has 1 unspecified atom stereocenters. The van der Waals surface area contributed by atoms with Gasteiger partial charge in [0.1, 0.15) is 0 Å². The highest BCUT2D eigenvalue weighted by atomic mass is 35.5. The third-order valence-electron chi connectivity index (χ3n) is 3.34. The van der Waals surface area contributed by atoms with Gasteiger partial charge in [-0.2, -0.15) is 0 Å². The second kappa shape index (κ2) is 8.16. The van der Waals surface area contributed by atoms with Gasteiger partial charge in [-0.25, -0.2) is 0 Å². The molecule has 0 fully saturated rings. The lowest BCUT2D eigenvalue weighted by molar-refractivity contribution is 0.481. The minimum atomic E-state index is 0.184. The van der Waals surface area contributed by atoms with Crippen LogP contribution >= 0.6 is 23.8 Å². The van der Waals surface area contributed by atoms with Gasteiger partial charge in [0.05, 0.1) is 16.8 Å². The second-order valence-corrected chi connectivity index (χ2v) is 6.49. The lowest BCUT2D eigenvalue weighted by Crippen LogP contribution is -2.33. The van der Waals surface area contributed by atoms with Crippen LogP contribution in [0.3, 0.4) is 0 Å². The van der Waals surface area contributed by atoms with Crippen molar-refractivity contribution in [3.63, 3.8) is 0 Å². The number of rotatable bonds is 5. The van der Waals surface area contributed by atoms with Gasteiger partial charge in [0.2, 0.25) is 0 Å². The quantitative estimate of drug-likeness (QED) is 0.715. The molecule has 2 N–H and O–H groups in total. The molecule has 0 heterocycles. The minimum Gasteiger partial charge on any atom is -0.356 e. The van der Waals surface area contributed by atoms with Crippen LogP contribution in [0, 0.1) is 5.92 Å². The van der Waals surface area contributed by atoms with E-state index >= 15 is 0 Å². The Labute approximate surface area is 142 Å². The molecule has 0 spiro atoms. The monoisotopic (exact) mass is 332 g/mol. The maximum Gasteiger partial charge on any atom is 0.171 e. The minimum absolute atomic E-state index is 0.184. The van der Waals surface area contributed by atoms with Crippen LogP contribution < -0.4 is 10.6 Å². The van der Waals surface area contributed by atoms with E-state index in [1.807, 2.05) is 30.3 Å². The fraction of sp³-hybridized carbons (Fsp3) is 0.278. The van der Waals surface area contributed by atoms with E-state index in [0.29, 0.717) is 16.1 Å². The molecule has 2 rings (SSSR count). The van der Waals surface area contributed by atoms with Crippen LogP contribution in [-0.4, -0.2) is 5.11 Å². The van der Waals surface area contributed by atoms with Crippen molar-refractivity contribution in [3.8, 4) is 0 Å². The molecule has 2 aromatic carbocycles. The molecule has 4 heteroatoms. The van der Waals surface area contributed by atoms with Gasteiger partial charge in [-0.1, -0.05) is 67.9 Å². The zero-order valence-corrected chi connectivity index (χ0v) is 14.4. The van der Waals surface area contributed by atoms with Crippen molar-refractivity contribution in [2.75, 3.05) is 5.32 Å². The Hall–Kier alpha value is -1.58. The van der Waals surface area contributed by atoms with E-state index < -0.39 is 0 Å². The average Bonchev–Trinajstić information content (AvgIpc) is 2.49. The highest BCUT2D eigenvalue weighted by molar-refractivity contribution is 7.80. The van der Waals surface area contributed by atoms with E-state index in [2.05, 4.69) is 48.7 Å². The first-order chi connectivity index (χ1) is 10.6. The lowest BCUT2D eigenvalue weighted by atomic mass is 9.97. The van der Waals surface area contributed by atoms with Crippen molar-refractivity contribution in [1.82, 2.24) is 5.32 Å². The maximum absolute atomic E-state index is 6.16. The highest BCUT2D eigenvalue weighted by Gasteiger charge is 2.14. The number of halogens is 1. The summed E-state index contributed by atoms with van der Waals surface area (Å²) >= 11 is 11.6. The number of thiocarbonyl (C=S) groups is 1. The van der Waals surface area contributed by atoms with Gasteiger partial charge in [0.15, 0.2) is 5.11 Å². The summed E-state index contributed by atoms with van der Waals surface area (Å²) in [5.74, 6) is 0.570. The van der Waals surface area contributed by atoms with Crippen molar-refractivity contribution in [3.05, 3.63) is 65.2 Å². The summed E-state index contributed by atoms with van der Waals surface area (Å²) in [7, 11) is 0. The largest absolute Gasteiger partial charge is 0.356 e. The molecule has 0 aliphatic carbocycles. The number of benzene rings is 2. The van der Waals surface area contributed by atoms with Crippen LogP contribution in [0.2, 0.25) is 5.02 Å². The lowest BCUT2D eigenvalue weighted by Gasteiger charge is -2.23. The average molecular weight is 333 g/mol. The van der Waals surface area contributed by atoms with Crippen molar-refractivity contribution < 1.29 is 0 Å². The first-order valence-corrected chi connectivity index (χ1v) is 8.22. The third kappa shape index (κ3) is 5.00. The third-order valence-corrected chi connectivity index (χ3v) is 3.89. The number of hydrogen-bond acceptors (Lipinski definition) is 1. The molecule has 1 atom stereocenters. The number of hydrogen-bond donors (Lipinski definition) is 2. The van der Waals surface area contributed by atoms with Gasteiger partial charge < -0.3 is 10.6 Å². The summed E-state index contributed by atoms with van der Waals surface area (Å²) in [6.07, 6.45) is 1.01. The first kappa shape index (κ1) is 16.8. The summed E-state index contributed by atoms with van der Waals surface area (Å²) in [6, 6.07) is 18.1. The van der Waals surface area contributed by atoms with E-state index in [1.165, 1.54) is 5.56 Å². The molecule has 0 aromatic heterocycles. The van der Waals surface area contributed by atoms with Crippen LogP contribution in [0.25, 0.3) is 0 Å². The smallest absolute Gasteiger partial charge is 0.171 e. The molecule has 0 radical (unpaired) electrons. The maximum atomic E-state index is 6.16. The predicted molar refractivity (Wildman–Crippen MR) is 99.4 cm³/mol. The van der Waals surface area contributed by atoms with E-state index in [1.54, 1.807) is 0 Å². The van der Waals surface area contributed by atoms with E-state index in [9.17, 15) is 0 Å². The molecular weight excluding hydrogens is 312 g/mol. The molecule has 116 valence electrons. The number of anilines is 1. The van der Waals surface area contributed by atoms with E-state index in [-0.39, 0.29) is 6.04 Å². The van der Waals surface area contributed by atoms with Crippen LogP contribution in [0.15, 0.2) is 54.6 Å². The van der Waals surface area contributed by atoms with E-state index in [0.717, 1.165) is 12.1 Å². The van der Waals surface area contributed by atoms with Gasteiger partial charge >= 0.3 is 0 Å². The molecule has 2 nitrogen and oxygen atoms in total. The van der Waals surface area contributed by atoms with Crippen LogP contribution in [0.4, 0.5) is 5.69 Å². The molecule has 0 saturated carbocycles. The molecule has 0 amide bonds. The fourth-order valence-electron chi connectivity index (χ4n) is 2.31. The Morgan fingerprint density at radius 2 is 1.68 bits per heavy atom. The van der Waals surface area contributed by atoms with Gasteiger partial charge in [-0.15, -0.1) is 0 Å². The molecule has 22 heavy (non-hydrogen) atoms. The molecule has 0 saturated heterocycles. The van der Waals surface area contributed by atoms with Crippen molar-refractivity contribution >= 4 is 34.6 Å². The normalized spacial score (nSPS) is 12.0. The topological polar surface area (TPSA) is 24.1 Å².